The Balaban J connectivity index is 1.78. The van der Waals surface area contributed by atoms with Gasteiger partial charge in [-0.2, -0.15) is 0 Å². The first-order valence-corrected chi connectivity index (χ1v) is 8.24. The molecule has 0 spiro atoms. The summed E-state index contributed by atoms with van der Waals surface area (Å²) in [6.07, 6.45) is 4.72. The van der Waals surface area contributed by atoms with Gasteiger partial charge >= 0.3 is 0 Å². The number of hydrogen-bond donors (Lipinski definition) is 2. The maximum absolute atomic E-state index is 9.74. The lowest BCUT2D eigenvalue weighted by atomic mass is 10.1. The average Bonchev–Trinajstić information content (AvgIpc) is 3.01. The molecule has 2 N–H and O–H groups in total. The van der Waals surface area contributed by atoms with Crippen LogP contribution in [0.5, 0.6) is 11.5 Å². The van der Waals surface area contributed by atoms with Gasteiger partial charge in [0.15, 0.2) is 0 Å². The van der Waals surface area contributed by atoms with E-state index in [-0.39, 0.29) is 21.5 Å². The van der Waals surface area contributed by atoms with Crippen molar-refractivity contribution >= 4 is 23.2 Å². The van der Waals surface area contributed by atoms with Crippen molar-refractivity contribution in [3.63, 3.8) is 0 Å². The van der Waals surface area contributed by atoms with Gasteiger partial charge in [-0.3, -0.25) is 0 Å². The van der Waals surface area contributed by atoms with Crippen LogP contribution < -0.4 is 0 Å². The summed E-state index contributed by atoms with van der Waals surface area (Å²) >= 11 is 12.2. The molecule has 0 aliphatic carbocycles. The maximum atomic E-state index is 9.74. The minimum Gasteiger partial charge on any atom is -0.506 e. The summed E-state index contributed by atoms with van der Waals surface area (Å²) in [7, 11) is 0. The summed E-state index contributed by atoms with van der Waals surface area (Å²) in [5, 5.41) is 19.8. The van der Waals surface area contributed by atoms with Crippen molar-refractivity contribution in [2.75, 3.05) is 0 Å². The predicted octanol–water partition coefficient (Wildman–Crippen LogP) is 4.43. The molecule has 0 saturated heterocycles. The Hall–Kier alpha value is -2.17. The van der Waals surface area contributed by atoms with Gasteiger partial charge in [0.2, 0.25) is 0 Å². The van der Waals surface area contributed by atoms with Gasteiger partial charge in [0.05, 0.1) is 10.0 Å². The Morgan fingerprint density at radius 1 is 0.958 bits per heavy atom. The van der Waals surface area contributed by atoms with E-state index >= 15 is 0 Å². The molecule has 0 radical (unpaired) electrons. The monoisotopic (exact) mass is 362 g/mol. The van der Waals surface area contributed by atoms with E-state index in [1.54, 1.807) is 6.20 Å². The highest BCUT2D eigenvalue weighted by molar-refractivity contribution is 6.37. The molecule has 3 aromatic rings. The van der Waals surface area contributed by atoms with Gasteiger partial charge in [-0.1, -0.05) is 53.5 Å². The van der Waals surface area contributed by atoms with E-state index in [4.69, 9.17) is 23.2 Å². The van der Waals surface area contributed by atoms with Crippen LogP contribution in [0, 0.1) is 0 Å². The highest BCUT2D eigenvalue weighted by Gasteiger charge is 2.16. The van der Waals surface area contributed by atoms with Gasteiger partial charge in [0.1, 0.15) is 17.3 Å². The lowest BCUT2D eigenvalue weighted by molar-refractivity contribution is 0.449. The Kier molecular flexibility index (Phi) is 4.97. The summed E-state index contributed by atoms with van der Waals surface area (Å²) in [5.41, 5.74) is 1.70. The highest BCUT2D eigenvalue weighted by atomic mass is 35.5. The zero-order chi connectivity index (χ0) is 17.1. The molecule has 6 heteroatoms. The van der Waals surface area contributed by atoms with E-state index in [0.717, 1.165) is 18.4 Å². The summed E-state index contributed by atoms with van der Waals surface area (Å²) in [6.45, 7) is 0.725. The Morgan fingerprint density at radius 3 is 2.29 bits per heavy atom. The number of benzene rings is 2. The van der Waals surface area contributed by atoms with Crippen LogP contribution in [0.2, 0.25) is 10.0 Å². The third-order valence-corrected chi connectivity index (χ3v) is 4.69. The van der Waals surface area contributed by atoms with Gasteiger partial charge in [0, 0.05) is 31.4 Å². The molecule has 3 rings (SSSR count). The summed E-state index contributed by atoms with van der Waals surface area (Å²) in [5.74, 6) is 0.524. The van der Waals surface area contributed by atoms with Crippen LogP contribution in [0.25, 0.3) is 0 Å². The fourth-order valence-corrected chi connectivity index (χ4v) is 3.15. The maximum Gasteiger partial charge on any atom is 0.138 e. The molecule has 1 aromatic heterocycles. The van der Waals surface area contributed by atoms with Crippen LogP contribution in [-0.4, -0.2) is 19.8 Å². The SMILES string of the molecule is Oc1cc(O)c(Cl)c(CCc2nccn2Cc2ccccc2)c1Cl. The normalized spacial score (nSPS) is 10.9. The molecule has 0 aliphatic heterocycles. The van der Waals surface area contributed by atoms with Gasteiger partial charge in [-0.15, -0.1) is 0 Å². The molecule has 1 heterocycles. The smallest absolute Gasteiger partial charge is 0.138 e. The van der Waals surface area contributed by atoms with E-state index in [2.05, 4.69) is 21.7 Å². The number of halogens is 2. The number of phenols is 2. The van der Waals surface area contributed by atoms with Gasteiger partial charge in [-0.05, 0) is 17.5 Å². The number of nitrogens with zero attached hydrogens (tertiary/aromatic N) is 2. The van der Waals surface area contributed by atoms with Gasteiger partial charge in [0.25, 0.3) is 0 Å². The Labute approximate surface area is 149 Å². The molecule has 4 nitrogen and oxygen atoms in total. The van der Waals surface area contributed by atoms with Gasteiger partial charge in [-0.25, -0.2) is 4.98 Å². The van der Waals surface area contributed by atoms with Crippen LogP contribution in [0.4, 0.5) is 0 Å². The molecule has 0 unspecified atom stereocenters. The number of phenolic OH excluding ortho intramolecular Hbond substituents is 2. The predicted molar refractivity (Wildman–Crippen MR) is 95.0 cm³/mol. The average molecular weight is 363 g/mol. The lowest BCUT2D eigenvalue weighted by Gasteiger charge is -2.11. The van der Waals surface area contributed by atoms with Crippen molar-refractivity contribution < 1.29 is 10.2 Å². The Morgan fingerprint density at radius 2 is 1.62 bits per heavy atom. The first-order valence-electron chi connectivity index (χ1n) is 7.49. The second-order valence-corrected chi connectivity index (χ2v) is 6.23. The number of hydrogen-bond acceptors (Lipinski definition) is 3. The molecule has 0 atom stereocenters. The van der Waals surface area contributed by atoms with Crippen molar-refractivity contribution in [1.29, 1.82) is 0 Å². The topological polar surface area (TPSA) is 58.3 Å². The first kappa shape index (κ1) is 16.7. The second kappa shape index (κ2) is 7.16. The van der Waals surface area contributed by atoms with Crippen molar-refractivity contribution in [3.8, 4) is 11.5 Å². The van der Waals surface area contributed by atoms with Crippen LogP contribution in [0.3, 0.4) is 0 Å². The minimum absolute atomic E-state index is 0.166. The van der Waals surface area contributed by atoms with Crippen LogP contribution in [0.15, 0.2) is 48.8 Å². The summed E-state index contributed by atoms with van der Waals surface area (Å²) in [6, 6.07) is 11.2. The molecule has 24 heavy (non-hydrogen) atoms. The van der Waals surface area contributed by atoms with E-state index in [0.29, 0.717) is 18.4 Å². The van der Waals surface area contributed by atoms with Crippen LogP contribution in [-0.2, 0) is 19.4 Å². The van der Waals surface area contributed by atoms with Gasteiger partial charge < -0.3 is 14.8 Å². The molecule has 0 saturated carbocycles. The molecule has 0 bridgehead atoms. The largest absolute Gasteiger partial charge is 0.506 e. The Bertz CT molecular complexity index is 821. The van der Waals surface area contributed by atoms with Crippen molar-refractivity contribution in [2.24, 2.45) is 0 Å². The van der Waals surface area contributed by atoms with E-state index in [9.17, 15) is 10.2 Å². The molecule has 2 aromatic carbocycles. The highest BCUT2D eigenvalue weighted by Crippen LogP contribution is 2.39. The molecule has 0 fully saturated rings. The van der Waals surface area contributed by atoms with Crippen molar-refractivity contribution in [2.45, 2.75) is 19.4 Å². The van der Waals surface area contributed by atoms with Crippen LogP contribution >= 0.6 is 23.2 Å². The minimum atomic E-state index is -0.179. The zero-order valence-electron chi connectivity index (χ0n) is 12.8. The van der Waals surface area contributed by atoms with E-state index in [1.165, 1.54) is 5.56 Å². The van der Waals surface area contributed by atoms with Crippen LogP contribution in [0.1, 0.15) is 17.0 Å². The third-order valence-electron chi connectivity index (χ3n) is 3.85. The molecule has 124 valence electrons. The molecule has 0 amide bonds. The first-order chi connectivity index (χ1) is 11.6. The number of imidazole rings is 1. The third kappa shape index (κ3) is 3.50. The number of aromatic nitrogens is 2. The quantitative estimate of drug-likeness (QED) is 0.705. The standard InChI is InChI=1S/C18H16Cl2N2O2/c19-17-13(18(20)15(24)10-14(17)23)6-7-16-21-8-9-22(16)11-12-4-2-1-3-5-12/h1-5,8-10,23-24H,6-7,11H2. The van der Waals surface area contributed by atoms with E-state index in [1.807, 2.05) is 24.4 Å². The molecular formula is C18H16Cl2N2O2. The number of aromatic hydroxyl groups is 2. The second-order valence-electron chi connectivity index (χ2n) is 5.48. The fraction of sp³-hybridized carbons (Fsp3) is 0.167. The summed E-state index contributed by atoms with van der Waals surface area (Å²) in [4.78, 5) is 4.38. The molecular weight excluding hydrogens is 347 g/mol. The summed E-state index contributed by atoms with van der Waals surface area (Å²) < 4.78 is 2.06. The zero-order valence-corrected chi connectivity index (χ0v) is 14.3. The molecule has 0 aliphatic rings. The number of rotatable bonds is 5. The van der Waals surface area contributed by atoms with Crippen molar-refractivity contribution in [3.05, 3.63) is 75.8 Å². The lowest BCUT2D eigenvalue weighted by Crippen LogP contribution is -2.06. The fourth-order valence-electron chi connectivity index (χ4n) is 2.61. The number of aryl methyl sites for hydroxylation is 1. The van der Waals surface area contributed by atoms with Crippen molar-refractivity contribution in [1.82, 2.24) is 9.55 Å². The van der Waals surface area contributed by atoms with E-state index < -0.39 is 0 Å².